The number of benzene rings is 1. The maximum atomic E-state index is 5.72. The summed E-state index contributed by atoms with van der Waals surface area (Å²) in [6.45, 7) is 2.08. The number of aryl methyl sites for hydroxylation is 1. The normalized spacial score (nSPS) is 10.6. The number of aromatic nitrogens is 2. The van der Waals surface area contributed by atoms with Crippen molar-refractivity contribution in [3.05, 3.63) is 28.5 Å². The molecule has 0 aliphatic rings. The molecule has 1 heterocycles. The molecule has 2 aromatic rings. The van der Waals surface area contributed by atoms with Crippen molar-refractivity contribution in [3.8, 4) is 11.5 Å². The van der Waals surface area contributed by atoms with Crippen LogP contribution >= 0.6 is 15.9 Å². The Hall–Kier alpha value is -1.36. The van der Waals surface area contributed by atoms with E-state index in [1.165, 1.54) is 0 Å². The second-order valence-electron chi connectivity index (χ2n) is 3.51. The molecule has 0 spiro atoms. The van der Waals surface area contributed by atoms with E-state index in [9.17, 15) is 0 Å². The van der Waals surface area contributed by atoms with E-state index in [1.54, 1.807) is 0 Å². The fourth-order valence-electron chi connectivity index (χ4n) is 1.40. The molecule has 2 rings (SSSR count). The van der Waals surface area contributed by atoms with Gasteiger partial charge in [-0.1, -0.05) is 12.1 Å². The van der Waals surface area contributed by atoms with Gasteiger partial charge in [-0.15, -0.1) is 0 Å². The van der Waals surface area contributed by atoms with Gasteiger partial charge in [0.25, 0.3) is 5.89 Å². The van der Waals surface area contributed by atoms with Gasteiger partial charge in [0.2, 0.25) is 0 Å². The van der Waals surface area contributed by atoms with Crippen LogP contribution < -0.4 is 5.73 Å². The monoisotopic (exact) mass is 281 g/mol. The van der Waals surface area contributed by atoms with Crippen LogP contribution in [0.2, 0.25) is 0 Å². The van der Waals surface area contributed by atoms with E-state index >= 15 is 0 Å². The van der Waals surface area contributed by atoms with Gasteiger partial charge in [0.15, 0.2) is 5.82 Å². The standard InChI is InChI=1S/C11H12BrN3O/c1-2-3-10-14-11(16-15-10)8-6-7(13)4-5-9(8)12/h4-6H,2-3,13H2,1H3. The SMILES string of the molecule is CCCc1noc(-c2cc(N)ccc2Br)n1. The highest BCUT2D eigenvalue weighted by Crippen LogP contribution is 2.28. The van der Waals surface area contributed by atoms with Gasteiger partial charge in [-0.05, 0) is 40.5 Å². The van der Waals surface area contributed by atoms with Gasteiger partial charge in [0.05, 0.1) is 5.56 Å². The number of halogens is 1. The lowest BCUT2D eigenvalue weighted by Gasteiger charge is -1.99. The van der Waals surface area contributed by atoms with Crippen LogP contribution in [0.15, 0.2) is 27.2 Å². The number of nitrogens with two attached hydrogens (primary N) is 1. The fourth-order valence-corrected chi connectivity index (χ4v) is 1.81. The summed E-state index contributed by atoms with van der Waals surface area (Å²) < 4.78 is 6.09. The summed E-state index contributed by atoms with van der Waals surface area (Å²) in [6.07, 6.45) is 1.82. The van der Waals surface area contributed by atoms with Gasteiger partial charge in [0, 0.05) is 16.6 Å². The van der Waals surface area contributed by atoms with Crippen LogP contribution in [0.4, 0.5) is 5.69 Å². The molecule has 0 atom stereocenters. The summed E-state index contributed by atoms with van der Waals surface area (Å²) in [5, 5.41) is 3.91. The molecule has 0 amide bonds. The minimum atomic E-state index is 0.502. The Morgan fingerprint density at radius 3 is 3.00 bits per heavy atom. The predicted molar refractivity (Wildman–Crippen MR) is 65.8 cm³/mol. The minimum absolute atomic E-state index is 0.502. The van der Waals surface area contributed by atoms with Crippen molar-refractivity contribution in [2.45, 2.75) is 19.8 Å². The minimum Gasteiger partial charge on any atom is -0.399 e. The Kier molecular flexibility index (Phi) is 3.24. The summed E-state index contributed by atoms with van der Waals surface area (Å²) in [5.74, 6) is 1.23. The average Bonchev–Trinajstić information content (AvgIpc) is 2.71. The first-order valence-electron chi connectivity index (χ1n) is 5.08. The molecule has 5 heteroatoms. The fraction of sp³-hybridized carbons (Fsp3) is 0.273. The first-order chi connectivity index (χ1) is 7.70. The molecule has 0 aliphatic carbocycles. The Balaban J connectivity index is 2.38. The summed E-state index contributed by atoms with van der Waals surface area (Å²) in [5.41, 5.74) is 7.22. The first-order valence-corrected chi connectivity index (χ1v) is 5.88. The number of hydrogen-bond donors (Lipinski definition) is 1. The molecule has 16 heavy (non-hydrogen) atoms. The zero-order valence-corrected chi connectivity index (χ0v) is 10.5. The van der Waals surface area contributed by atoms with Crippen molar-refractivity contribution >= 4 is 21.6 Å². The smallest absolute Gasteiger partial charge is 0.259 e. The number of nitrogen functional groups attached to an aromatic ring is 1. The molecule has 4 nitrogen and oxygen atoms in total. The molecule has 0 bridgehead atoms. The average molecular weight is 282 g/mol. The summed E-state index contributed by atoms with van der Waals surface area (Å²) in [7, 11) is 0. The lowest BCUT2D eigenvalue weighted by molar-refractivity contribution is 0.422. The molecular formula is C11H12BrN3O. The van der Waals surface area contributed by atoms with Crippen LogP contribution in [0.5, 0.6) is 0 Å². The van der Waals surface area contributed by atoms with E-state index in [2.05, 4.69) is 33.0 Å². The van der Waals surface area contributed by atoms with Crippen LogP contribution in [0.25, 0.3) is 11.5 Å². The summed E-state index contributed by atoms with van der Waals surface area (Å²) >= 11 is 3.43. The van der Waals surface area contributed by atoms with E-state index in [0.29, 0.717) is 11.6 Å². The van der Waals surface area contributed by atoms with Gasteiger partial charge in [0.1, 0.15) is 0 Å². The summed E-state index contributed by atoms with van der Waals surface area (Å²) in [4.78, 5) is 4.31. The molecule has 0 saturated heterocycles. The lowest BCUT2D eigenvalue weighted by Crippen LogP contribution is -1.88. The second kappa shape index (κ2) is 4.65. The molecule has 0 aliphatic heterocycles. The molecule has 0 unspecified atom stereocenters. The number of nitrogens with zero attached hydrogens (tertiary/aromatic N) is 2. The number of hydrogen-bond acceptors (Lipinski definition) is 4. The molecule has 2 N–H and O–H groups in total. The number of anilines is 1. The predicted octanol–water partition coefficient (Wildman–Crippen LogP) is 3.03. The quantitative estimate of drug-likeness (QED) is 0.879. The molecule has 1 aromatic carbocycles. The zero-order valence-electron chi connectivity index (χ0n) is 8.90. The van der Waals surface area contributed by atoms with E-state index in [0.717, 1.165) is 28.7 Å². The maximum absolute atomic E-state index is 5.72. The van der Waals surface area contributed by atoms with Crippen molar-refractivity contribution in [2.75, 3.05) is 5.73 Å². The third-order valence-electron chi connectivity index (χ3n) is 2.16. The third kappa shape index (κ3) is 2.24. The van der Waals surface area contributed by atoms with Gasteiger partial charge in [-0.2, -0.15) is 4.98 Å². The highest BCUT2D eigenvalue weighted by molar-refractivity contribution is 9.10. The van der Waals surface area contributed by atoms with E-state index in [4.69, 9.17) is 10.3 Å². The van der Waals surface area contributed by atoms with Crippen LogP contribution in [-0.4, -0.2) is 10.1 Å². The van der Waals surface area contributed by atoms with E-state index in [1.807, 2.05) is 18.2 Å². The Bertz CT molecular complexity index is 496. The Labute approximate surface area is 102 Å². The van der Waals surface area contributed by atoms with Crippen LogP contribution in [0, 0.1) is 0 Å². The molecular weight excluding hydrogens is 270 g/mol. The second-order valence-corrected chi connectivity index (χ2v) is 4.36. The van der Waals surface area contributed by atoms with Crippen molar-refractivity contribution in [2.24, 2.45) is 0 Å². The lowest BCUT2D eigenvalue weighted by atomic mass is 10.2. The third-order valence-corrected chi connectivity index (χ3v) is 2.85. The highest BCUT2D eigenvalue weighted by Gasteiger charge is 2.11. The van der Waals surface area contributed by atoms with Gasteiger partial charge >= 0.3 is 0 Å². The van der Waals surface area contributed by atoms with Gasteiger partial charge in [-0.25, -0.2) is 0 Å². The van der Waals surface area contributed by atoms with E-state index < -0.39 is 0 Å². The molecule has 84 valence electrons. The van der Waals surface area contributed by atoms with Crippen molar-refractivity contribution in [1.82, 2.24) is 10.1 Å². The zero-order chi connectivity index (χ0) is 11.5. The molecule has 0 fully saturated rings. The van der Waals surface area contributed by atoms with Gasteiger partial charge < -0.3 is 10.3 Å². The van der Waals surface area contributed by atoms with Crippen molar-refractivity contribution in [1.29, 1.82) is 0 Å². The Morgan fingerprint density at radius 2 is 2.25 bits per heavy atom. The summed E-state index contributed by atoms with van der Waals surface area (Å²) in [6, 6.07) is 5.50. The molecule has 0 saturated carbocycles. The van der Waals surface area contributed by atoms with Crippen molar-refractivity contribution in [3.63, 3.8) is 0 Å². The van der Waals surface area contributed by atoms with Crippen LogP contribution in [0.3, 0.4) is 0 Å². The van der Waals surface area contributed by atoms with Crippen LogP contribution in [0.1, 0.15) is 19.2 Å². The van der Waals surface area contributed by atoms with Crippen LogP contribution in [-0.2, 0) is 6.42 Å². The highest BCUT2D eigenvalue weighted by atomic mass is 79.9. The first kappa shape index (κ1) is 11.1. The molecule has 0 radical (unpaired) electrons. The van der Waals surface area contributed by atoms with Gasteiger partial charge in [-0.3, -0.25) is 0 Å². The van der Waals surface area contributed by atoms with E-state index in [-0.39, 0.29) is 0 Å². The van der Waals surface area contributed by atoms with Crippen molar-refractivity contribution < 1.29 is 4.52 Å². The molecule has 1 aromatic heterocycles. The number of rotatable bonds is 3. The Morgan fingerprint density at radius 1 is 1.44 bits per heavy atom. The largest absolute Gasteiger partial charge is 0.399 e. The topological polar surface area (TPSA) is 64.9 Å². The maximum Gasteiger partial charge on any atom is 0.259 e.